The number of hydrogen-bond donors (Lipinski definition) is 2. The van der Waals surface area contributed by atoms with E-state index in [1.54, 1.807) is 5.38 Å². The van der Waals surface area contributed by atoms with Gasteiger partial charge in [-0.3, -0.25) is 4.79 Å². The van der Waals surface area contributed by atoms with Gasteiger partial charge in [0, 0.05) is 21.5 Å². The number of carbonyl (C=O) groups is 1. The summed E-state index contributed by atoms with van der Waals surface area (Å²) in [5.74, 6) is -1.13. The van der Waals surface area contributed by atoms with Crippen LogP contribution in [-0.2, 0) is 14.8 Å². The highest BCUT2D eigenvalue weighted by molar-refractivity contribution is 7.90. The Labute approximate surface area is 133 Å². The van der Waals surface area contributed by atoms with E-state index >= 15 is 0 Å². The first-order chi connectivity index (χ1) is 10.5. The molecule has 1 aliphatic rings. The first-order valence-electron chi connectivity index (χ1n) is 7.19. The van der Waals surface area contributed by atoms with Gasteiger partial charge in [-0.2, -0.15) is 0 Å². The Balaban J connectivity index is 1.76. The lowest BCUT2D eigenvalue weighted by atomic mass is 9.87. The van der Waals surface area contributed by atoms with Gasteiger partial charge in [0.25, 0.3) is 0 Å². The minimum atomic E-state index is -3.57. The number of nitrogens with one attached hydrogen (secondary N) is 1. The molecule has 0 aliphatic heterocycles. The highest BCUT2D eigenvalue weighted by Gasteiger charge is 2.29. The molecule has 7 heteroatoms. The molecule has 0 radical (unpaired) electrons. The van der Waals surface area contributed by atoms with Gasteiger partial charge in [0.05, 0.1) is 5.92 Å². The Morgan fingerprint density at radius 3 is 2.55 bits per heavy atom. The summed E-state index contributed by atoms with van der Waals surface area (Å²) in [5.41, 5.74) is 0. The standard InChI is InChI=1S/C15H17NO4S2/c17-15(18)10-5-7-11(8-6-10)16-22(19,20)14-9-21-13-4-2-1-3-12(13)14/h1-4,9-11,16H,5-8H2,(H,17,18). The zero-order valence-electron chi connectivity index (χ0n) is 11.9. The molecule has 0 unspecified atom stereocenters. The zero-order chi connectivity index (χ0) is 15.7. The average Bonchev–Trinajstić information content (AvgIpc) is 2.92. The van der Waals surface area contributed by atoms with Crippen LogP contribution in [-0.4, -0.2) is 25.5 Å². The lowest BCUT2D eigenvalue weighted by Crippen LogP contribution is -2.38. The molecule has 1 aromatic carbocycles. The Morgan fingerprint density at radius 1 is 1.18 bits per heavy atom. The smallest absolute Gasteiger partial charge is 0.306 e. The molecular formula is C15H17NO4S2. The summed E-state index contributed by atoms with van der Waals surface area (Å²) in [5, 5.41) is 11.4. The third-order valence-electron chi connectivity index (χ3n) is 4.13. The molecule has 2 aromatic rings. The van der Waals surface area contributed by atoms with Gasteiger partial charge in [-0.05, 0) is 31.7 Å². The fourth-order valence-electron chi connectivity index (χ4n) is 2.90. The Morgan fingerprint density at radius 2 is 1.86 bits per heavy atom. The molecule has 5 nitrogen and oxygen atoms in total. The van der Waals surface area contributed by atoms with Crippen LogP contribution in [0, 0.1) is 5.92 Å². The molecule has 118 valence electrons. The maximum Gasteiger partial charge on any atom is 0.306 e. The third-order valence-corrected chi connectivity index (χ3v) is 6.81. The van der Waals surface area contributed by atoms with Gasteiger partial charge in [-0.25, -0.2) is 13.1 Å². The summed E-state index contributed by atoms with van der Waals surface area (Å²) in [4.78, 5) is 11.3. The van der Waals surface area contributed by atoms with Crippen LogP contribution in [0.2, 0.25) is 0 Å². The number of carboxylic acids is 1. The van der Waals surface area contributed by atoms with Crippen molar-refractivity contribution in [2.24, 2.45) is 5.92 Å². The molecule has 0 atom stereocenters. The van der Waals surface area contributed by atoms with Crippen molar-refractivity contribution in [2.45, 2.75) is 36.6 Å². The molecule has 1 aliphatic carbocycles. The number of aliphatic carboxylic acids is 1. The van der Waals surface area contributed by atoms with E-state index in [2.05, 4.69) is 4.72 Å². The molecule has 0 bridgehead atoms. The molecular weight excluding hydrogens is 322 g/mol. The fourth-order valence-corrected chi connectivity index (χ4v) is 5.71. The number of rotatable bonds is 4. The second-order valence-electron chi connectivity index (χ2n) is 5.60. The maximum atomic E-state index is 12.6. The van der Waals surface area contributed by atoms with Gasteiger partial charge in [0.2, 0.25) is 10.0 Å². The summed E-state index contributed by atoms with van der Waals surface area (Å²) in [6, 6.07) is 7.24. The van der Waals surface area contributed by atoms with Gasteiger partial charge in [0.15, 0.2) is 0 Å². The number of hydrogen-bond acceptors (Lipinski definition) is 4. The van der Waals surface area contributed by atoms with Gasteiger partial charge in [0.1, 0.15) is 4.90 Å². The number of benzene rings is 1. The maximum absolute atomic E-state index is 12.6. The average molecular weight is 339 g/mol. The van der Waals surface area contributed by atoms with E-state index < -0.39 is 16.0 Å². The first kappa shape index (κ1) is 15.5. The molecule has 0 saturated heterocycles. The number of sulfonamides is 1. The van der Waals surface area contributed by atoms with E-state index in [-0.39, 0.29) is 12.0 Å². The van der Waals surface area contributed by atoms with Crippen LogP contribution in [0.15, 0.2) is 34.5 Å². The summed E-state index contributed by atoms with van der Waals surface area (Å²) < 4.78 is 28.8. The molecule has 1 saturated carbocycles. The fraction of sp³-hybridized carbons (Fsp3) is 0.400. The largest absolute Gasteiger partial charge is 0.481 e. The van der Waals surface area contributed by atoms with Gasteiger partial charge >= 0.3 is 5.97 Å². The summed E-state index contributed by atoms with van der Waals surface area (Å²) in [6.45, 7) is 0. The number of fused-ring (bicyclic) bond motifs is 1. The van der Waals surface area contributed by atoms with Crippen LogP contribution in [0.3, 0.4) is 0 Å². The van der Waals surface area contributed by atoms with E-state index in [0.717, 1.165) is 10.1 Å². The van der Waals surface area contributed by atoms with Crippen LogP contribution in [0.1, 0.15) is 25.7 Å². The van der Waals surface area contributed by atoms with Crippen LogP contribution in [0.5, 0.6) is 0 Å². The Bertz CT molecular complexity index is 789. The van der Waals surface area contributed by atoms with Crippen LogP contribution in [0.25, 0.3) is 10.1 Å². The molecule has 1 heterocycles. The molecule has 0 spiro atoms. The molecule has 2 N–H and O–H groups in total. The highest BCUT2D eigenvalue weighted by atomic mass is 32.2. The predicted molar refractivity (Wildman–Crippen MR) is 85.5 cm³/mol. The lowest BCUT2D eigenvalue weighted by molar-refractivity contribution is -0.142. The van der Waals surface area contributed by atoms with Crippen LogP contribution in [0.4, 0.5) is 0 Å². The van der Waals surface area contributed by atoms with Crippen molar-refractivity contribution in [3.63, 3.8) is 0 Å². The van der Waals surface area contributed by atoms with E-state index in [4.69, 9.17) is 5.11 Å². The second-order valence-corrected chi connectivity index (χ2v) is 8.20. The SMILES string of the molecule is O=C(O)C1CCC(NS(=O)(=O)c2csc3ccccc23)CC1. The van der Waals surface area contributed by atoms with Crippen molar-refractivity contribution in [1.29, 1.82) is 0 Å². The van der Waals surface area contributed by atoms with E-state index in [0.29, 0.717) is 30.6 Å². The van der Waals surface area contributed by atoms with Crippen molar-refractivity contribution in [2.75, 3.05) is 0 Å². The van der Waals surface area contributed by atoms with E-state index in [1.165, 1.54) is 11.3 Å². The van der Waals surface area contributed by atoms with E-state index in [1.807, 2.05) is 24.3 Å². The third kappa shape index (κ3) is 3.02. The lowest BCUT2D eigenvalue weighted by Gasteiger charge is -2.26. The summed E-state index contributed by atoms with van der Waals surface area (Å²) >= 11 is 1.41. The second kappa shape index (κ2) is 5.98. The summed E-state index contributed by atoms with van der Waals surface area (Å²) in [7, 11) is -3.57. The normalized spacial score (nSPS) is 22.7. The number of carboxylic acid groups (broad SMARTS) is 1. The van der Waals surface area contributed by atoms with Gasteiger partial charge < -0.3 is 5.11 Å². The zero-order valence-corrected chi connectivity index (χ0v) is 13.5. The van der Waals surface area contributed by atoms with Gasteiger partial charge in [-0.15, -0.1) is 11.3 Å². The predicted octanol–water partition coefficient (Wildman–Crippen LogP) is 2.82. The number of thiophene rings is 1. The molecule has 1 aromatic heterocycles. The van der Waals surface area contributed by atoms with Crippen molar-refractivity contribution >= 4 is 37.4 Å². The minimum Gasteiger partial charge on any atom is -0.481 e. The Kier molecular flexibility index (Phi) is 4.20. The monoisotopic (exact) mass is 339 g/mol. The van der Waals surface area contributed by atoms with Crippen molar-refractivity contribution < 1.29 is 18.3 Å². The molecule has 0 amide bonds. The first-order valence-corrected chi connectivity index (χ1v) is 9.55. The topological polar surface area (TPSA) is 83.5 Å². The van der Waals surface area contributed by atoms with Crippen LogP contribution < -0.4 is 4.72 Å². The summed E-state index contributed by atoms with van der Waals surface area (Å²) in [6.07, 6.45) is 2.18. The van der Waals surface area contributed by atoms with Crippen molar-refractivity contribution in [1.82, 2.24) is 4.72 Å². The van der Waals surface area contributed by atoms with Gasteiger partial charge in [-0.1, -0.05) is 18.2 Å². The van der Waals surface area contributed by atoms with Crippen molar-refractivity contribution in [3.8, 4) is 0 Å². The molecule has 1 fully saturated rings. The van der Waals surface area contributed by atoms with E-state index in [9.17, 15) is 13.2 Å². The Hall–Kier alpha value is -1.44. The highest BCUT2D eigenvalue weighted by Crippen LogP contribution is 2.31. The van der Waals surface area contributed by atoms with Crippen LogP contribution >= 0.6 is 11.3 Å². The quantitative estimate of drug-likeness (QED) is 0.897. The molecule has 22 heavy (non-hydrogen) atoms. The van der Waals surface area contributed by atoms with Crippen molar-refractivity contribution in [3.05, 3.63) is 29.6 Å². The minimum absolute atomic E-state index is 0.181. The molecule has 3 rings (SSSR count).